The van der Waals surface area contributed by atoms with Crippen LogP contribution in [0.4, 0.5) is 0 Å². The first-order valence-corrected chi connectivity index (χ1v) is 4.94. The van der Waals surface area contributed by atoms with Crippen molar-refractivity contribution in [3.63, 3.8) is 0 Å². The Morgan fingerprint density at radius 1 is 1.07 bits per heavy atom. The van der Waals surface area contributed by atoms with Crippen LogP contribution in [0.25, 0.3) is 11.1 Å². The Bertz CT molecular complexity index is 435. The van der Waals surface area contributed by atoms with Crippen molar-refractivity contribution in [2.45, 2.75) is 0 Å². The van der Waals surface area contributed by atoms with E-state index in [1.54, 1.807) is 12.1 Å². The highest BCUT2D eigenvalue weighted by molar-refractivity contribution is 6.35. The molecule has 0 unspecified atom stereocenters. The first-order valence-electron chi connectivity index (χ1n) is 4.19. The second-order valence-electron chi connectivity index (χ2n) is 2.92. The normalized spacial score (nSPS) is 10.1. The van der Waals surface area contributed by atoms with Crippen molar-refractivity contribution in [3.8, 4) is 11.1 Å². The molecule has 0 N–H and O–H groups in total. The Balaban J connectivity index is 2.57. The molecule has 0 saturated heterocycles. The zero-order chi connectivity index (χ0) is 9.97. The predicted octanol–water partition coefficient (Wildman–Crippen LogP) is 4.46. The van der Waals surface area contributed by atoms with Crippen LogP contribution in [0, 0.1) is 6.07 Å². The summed E-state index contributed by atoms with van der Waals surface area (Å²) >= 11 is 12.0. The first-order chi connectivity index (χ1) is 6.77. The van der Waals surface area contributed by atoms with Crippen molar-refractivity contribution >= 4 is 23.2 Å². The monoisotopic (exact) mass is 221 g/mol. The molecule has 69 valence electrons. The molecule has 2 rings (SSSR count). The summed E-state index contributed by atoms with van der Waals surface area (Å²) < 4.78 is 0. The fraction of sp³-hybridized carbons (Fsp3) is 0. The van der Waals surface area contributed by atoms with Crippen molar-refractivity contribution in [3.05, 3.63) is 58.6 Å². The summed E-state index contributed by atoms with van der Waals surface area (Å²) in [7, 11) is 0. The molecule has 2 aromatic rings. The summed E-state index contributed by atoms with van der Waals surface area (Å²) in [4.78, 5) is 0. The second-order valence-corrected chi connectivity index (χ2v) is 3.76. The van der Waals surface area contributed by atoms with Gasteiger partial charge >= 0.3 is 0 Å². The van der Waals surface area contributed by atoms with Gasteiger partial charge in [0.15, 0.2) is 0 Å². The molecule has 0 atom stereocenters. The van der Waals surface area contributed by atoms with Crippen LogP contribution in [0.1, 0.15) is 0 Å². The molecule has 0 bridgehead atoms. The number of hydrogen-bond donors (Lipinski definition) is 0. The molecular weight excluding hydrogens is 215 g/mol. The molecule has 0 fully saturated rings. The SMILES string of the molecule is Clc1ccc(Cl)c(-c2c[c]ccc2)c1. The zero-order valence-corrected chi connectivity index (χ0v) is 8.81. The van der Waals surface area contributed by atoms with E-state index < -0.39 is 0 Å². The average molecular weight is 222 g/mol. The highest BCUT2D eigenvalue weighted by atomic mass is 35.5. The minimum absolute atomic E-state index is 0.688. The fourth-order valence-electron chi connectivity index (χ4n) is 1.28. The smallest absolute Gasteiger partial charge is 0.0485 e. The van der Waals surface area contributed by atoms with E-state index in [9.17, 15) is 0 Å². The van der Waals surface area contributed by atoms with E-state index in [4.69, 9.17) is 23.2 Å². The zero-order valence-electron chi connectivity index (χ0n) is 7.30. The van der Waals surface area contributed by atoms with Gasteiger partial charge in [-0.15, -0.1) is 0 Å². The van der Waals surface area contributed by atoms with E-state index in [2.05, 4.69) is 6.07 Å². The van der Waals surface area contributed by atoms with Gasteiger partial charge in [0, 0.05) is 15.6 Å². The van der Waals surface area contributed by atoms with Gasteiger partial charge < -0.3 is 0 Å². The molecule has 0 aliphatic rings. The molecule has 14 heavy (non-hydrogen) atoms. The standard InChI is InChI=1S/C12H7Cl2/c13-10-6-7-12(14)11(8-10)9-4-2-1-3-5-9/h1-2,4-8H. The summed E-state index contributed by atoms with van der Waals surface area (Å²) in [5.74, 6) is 0. The molecule has 0 saturated carbocycles. The molecule has 0 aliphatic heterocycles. The van der Waals surface area contributed by atoms with E-state index in [0.717, 1.165) is 11.1 Å². The Hall–Kier alpha value is -0.980. The lowest BCUT2D eigenvalue weighted by molar-refractivity contribution is 1.61. The van der Waals surface area contributed by atoms with Crippen LogP contribution in [0.2, 0.25) is 10.0 Å². The number of hydrogen-bond acceptors (Lipinski definition) is 0. The van der Waals surface area contributed by atoms with Crippen LogP contribution in [-0.4, -0.2) is 0 Å². The minimum Gasteiger partial charge on any atom is -0.0843 e. The van der Waals surface area contributed by atoms with Crippen molar-refractivity contribution < 1.29 is 0 Å². The number of benzene rings is 2. The summed E-state index contributed by atoms with van der Waals surface area (Å²) in [6.45, 7) is 0. The van der Waals surface area contributed by atoms with Gasteiger partial charge in [-0.2, -0.15) is 0 Å². The Morgan fingerprint density at radius 3 is 2.64 bits per heavy atom. The fourth-order valence-corrected chi connectivity index (χ4v) is 1.68. The van der Waals surface area contributed by atoms with Gasteiger partial charge in [0.25, 0.3) is 0 Å². The Kier molecular flexibility index (Phi) is 2.76. The van der Waals surface area contributed by atoms with E-state index in [0.29, 0.717) is 10.0 Å². The van der Waals surface area contributed by atoms with Gasteiger partial charge in [-0.1, -0.05) is 41.4 Å². The summed E-state index contributed by atoms with van der Waals surface area (Å²) in [5, 5.41) is 1.39. The van der Waals surface area contributed by atoms with Crippen molar-refractivity contribution in [2.24, 2.45) is 0 Å². The second kappa shape index (κ2) is 4.04. The maximum Gasteiger partial charge on any atom is 0.0485 e. The topological polar surface area (TPSA) is 0 Å². The largest absolute Gasteiger partial charge is 0.0843 e. The van der Waals surface area contributed by atoms with E-state index in [1.165, 1.54) is 0 Å². The van der Waals surface area contributed by atoms with Gasteiger partial charge in [0.1, 0.15) is 0 Å². The number of rotatable bonds is 1. The highest BCUT2D eigenvalue weighted by Crippen LogP contribution is 2.29. The first kappa shape index (κ1) is 9.57. The third-order valence-corrected chi connectivity index (χ3v) is 2.51. The highest BCUT2D eigenvalue weighted by Gasteiger charge is 2.02. The van der Waals surface area contributed by atoms with Crippen molar-refractivity contribution in [1.29, 1.82) is 0 Å². The van der Waals surface area contributed by atoms with Gasteiger partial charge in [-0.05, 0) is 35.9 Å². The molecule has 0 spiro atoms. The summed E-state index contributed by atoms with van der Waals surface area (Å²) in [5.41, 5.74) is 1.97. The van der Waals surface area contributed by atoms with E-state index in [1.807, 2.05) is 30.3 Å². The molecule has 0 aliphatic carbocycles. The van der Waals surface area contributed by atoms with Crippen LogP contribution in [0.5, 0.6) is 0 Å². The van der Waals surface area contributed by atoms with E-state index >= 15 is 0 Å². The number of halogens is 2. The summed E-state index contributed by atoms with van der Waals surface area (Å²) in [6.07, 6.45) is 0. The molecule has 2 aromatic carbocycles. The third kappa shape index (κ3) is 1.92. The molecule has 0 nitrogen and oxygen atoms in total. The third-order valence-electron chi connectivity index (χ3n) is 1.95. The van der Waals surface area contributed by atoms with Gasteiger partial charge in [0.05, 0.1) is 0 Å². The van der Waals surface area contributed by atoms with Crippen molar-refractivity contribution in [1.82, 2.24) is 0 Å². The molecule has 1 radical (unpaired) electrons. The van der Waals surface area contributed by atoms with Crippen LogP contribution < -0.4 is 0 Å². The quantitative estimate of drug-likeness (QED) is 0.668. The van der Waals surface area contributed by atoms with Crippen LogP contribution in [0.15, 0.2) is 42.5 Å². The minimum atomic E-state index is 0.688. The predicted molar refractivity (Wildman–Crippen MR) is 60.7 cm³/mol. The van der Waals surface area contributed by atoms with Gasteiger partial charge in [-0.3, -0.25) is 0 Å². The maximum absolute atomic E-state index is 6.06. The lowest BCUT2D eigenvalue weighted by Gasteiger charge is -2.04. The molecule has 0 heterocycles. The molecule has 0 amide bonds. The average Bonchev–Trinajstić information content (AvgIpc) is 2.23. The summed E-state index contributed by atoms with van der Waals surface area (Å²) in [6, 6.07) is 16.1. The Morgan fingerprint density at radius 2 is 1.93 bits per heavy atom. The Labute approximate surface area is 93.1 Å². The van der Waals surface area contributed by atoms with Gasteiger partial charge in [-0.25, -0.2) is 0 Å². The van der Waals surface area contributed by atoms with Crippen molar-refractivity contribution in [2.75, 3.05) is 0 Å². The maximum atomic E-state index is 6.06. The van der Waals surface area contributed by atoms with E-state index in [-0.39, 0.29) is 0 Å². The lowest BCUT2D eigenvalue weighted by Crippen LogP contribution is -1.78. The van der Waals surface area contributed by atoms with Crippen LogP contribution >= 0.6 is 23.2 Å². The lowest BCUT2D eigenvalue weighted by atomic mass is 10.1. The van der Waals surface area contributed by atoms with Crippen LogP contribution in [0.3, 0.4) is 0 Å². The van der Waals surface area contributed by atoms with Crippen LogP contribution in [-0.2, 0) is 0 Å². The molecular formula is C12H7Cl2. The molecule has 2 heteroatoms. The molecule has 0 aromatic heterocycles. The van der Waals surface area contributed by atoms with Gasteiger partial charge in [0.2, 0.25) is 0 Å².